The molecule has 0 radical (unpaired) electrons. The van der Waals surface area contributed by atoms with Gasteiger partial charge in [0.1, 0.15) is 6.04 Å². The number of carbonyl (C=O) groups excluding carboxylic acids is 1. The Hall–Kier alpha value is -1.64. The van der Waals surface area contributed by atoms with Crippen LogP contribution in [-0.2, 0) is 9.53 Å². The van der Waals surface area contributed by atoms with Crippen LogP contribution in [0.4, 0.5) is 4.79 Å². The fourth-order valence-electron chi connectivity index (χ4n) is 1.32. The predicted molar refractivity (Wildman–Crippen MR) is 75.2 cm³/mol. The molecule has 0 unspecified atom stereocenters. The average molecular weight is 306 g/mol. The molecule has 20 heavy (non-hydrogen) atoms. The summed E-state index contributed by atoms with van der Waals surface area (Å²) < 4.78 is 4.91. The van der Waals surface area contributed by atoms with Crippen LogP contribution in [0.25, 0.3) is 0 Å². The predicted octanol–water partition coefficient (Wildman–Crippen LogP) is 1.56. The standard InChI is InChI=1S/C11H22N2O6Si/c1-20(2,3)8-7-19-11(16)12-9(10(14)15)5-4-6-13(17)18/h9H,4-8H2,1-3H3,(H,12,16)(H,14,15)/t9-/m0/s1. The molecule has 1 amide bonds. The van der Waals surface area contributed by atoms with Crippen LogP contribution in [0.1, 0.15) is 12.8 Å². The quantitative estimate of drug-likeness (QED) is 0.379. The van der Waals surface area contributed by atoms with Gasteiger partial charge in [-0.2, -0.15) is 0 Å². The topological polar surface area (TPSA) is 119 Å². The number of ether oxygens (including phenoxy) is 1. The molecule has 1 atom stereocenters. The summed E-state index contributed by atoms with van der Waals surface area (Å²) >= 11 is 0. The van der Waals surface area contributed by atoms with Crippen LogP contribution in [0.2, 0.25) is 25.7 Å². The molecule has 0 saturated carbocycles. The van der Waals surface area contributed by atoms with Crippen LogP contribution in [0.3, 0.4) is 0 Å². The molecule has 2 N–H and O–H groups in total. The van der Waals surface area contributed by atoms with Crippen molar-refractivity contribution in [3.05, 3.63) is 10.1 Å². The Morgan fingerprint density at radius 3 is 2.45 bits per heavy atom. The summed E-state index contributed by atoms with van der Waals surface area (Å²) in [6.07, 6.45) is -0.713. The zero-order chi connectivity index (χ0) is 15.8. The van der Waals surface area contributed by atoms with E-state index < -0.39 is 31.1 Å². The van der Waals surface area contributed by atoms with Gasteiger partial charge < -0.3 is 15.2 Å². The minimum Gasteiger partial charge on any atom is -0.480 e. The molecule has 0 saturated heterocycles. The zero-order valence-corrected chi connectivity index (χ0v) is 13.0. The van der Waals surface area contributed by atoms with E-state index >= 15 is 0 Å². The van der Waals surface area contributed by atoms with Gasteiger partial charge in [0.15, 0.2) is 0 Å². The van der Waals surface area contributed by atoms with Gasteiger partial charge >= 0.3 is 12.1 Å². The lowest BCUT2D eigenvalue weighted by molar-refractivity contribution is -0.480. The molecule has 0 aliphatic heterocycles. The molecule has 9 heteroatoms. The van der Waals surface area contributed by atoms with E-state index in [9.17, 15) is 19.7 Å². The number of carboxylic acid groups (broad SMARTS) is 1. The van der Waals surface area contributed by atoms with Crippen LogP contribution in [0, 0.1) is 10.1 Å². The van der Waals surface area contributed by atoms with Crippen LogP contribution < -0.4 is 5.32 Å². The Morgan fingerprint density at radius 2 is 2.00 bits per heavy atom. The maximum Gasteiger partial charge on any atom is 0.407 e. The molecule has 8 nitrogen and oxygen atoms in total. The highest BCUT2D eigenvalue weighted by atomic mass is 28.3. The molecule has 0 fully saturated rings. The highest BCUT2D eigenvalue weighted by Crippen LogP contribution is 2.07. The van der Waals surface area contributed by atoms with Gasteiger partial charge in [0.05, 0.1) is 6.61 Å². The lowest BCUT2D eigenvalue weighted by atomic mass is 10.1. The van der Waals surface area contributed by atoms with E-state index in [1.165, 1.54) is 0 Å². The van der Waals surface area contributed by atoms with Crippen molar-refractivity contribution < 1.29 is 24.4 Å². The summed E-state index contributed by atoms with van der Waals surface area (Å²) in [5.74, 6) is -1.23. The number of carboxylic acids is 1. The first-order chi connectivity index (χ1) is 9.11. The zero-order valence-electron chi connectivity index (χ0n) is 12.0. The van der Waals surface area contributed by atoms with Gasteiger partial charge in [-0.3, -0.25) is 10.1 Å². The van der Waals surface area contributed by atoms with Crippen molar-refractivity contribution in [1.29, 1.82) is 0 Å². The molecule has 0 aromatic rings. The minimum atomic E-state index is -1.32. The number of rotatable bonds is 9. The van der Waals surface area contributed by atoms with Gasteiger partial charge in [-0.1, -0.05) is 19.6 Å². The molecule has 0 aliphatic rings. The highest BCUT2D eigenvalue weighted by Gasteiger charge is 2.21. The fraction of sp³-hybridized carbons (Fsp3) is 0.818. The second kappa shape index (κ2) is 8.51. The number of hydrogen-bond donors (Lipinski definition) is 2. The van der Waals surface area contributed by atoms with E-state index in [0.29, 0.717) is 0 Å². The van der Waals surface area contributed by atoms with Gasteiger partial charge in [-0.25, -0.2) is 9.59 Å². The number of nitrogens with zero attached hydrogens (tertiary/aromatic N) is 1. The number of nitrogens with one attached hydrogen (secondary N) is 1. The SMILES string of the molecule is C[Si](C)(C)CCOC(=O)N[C@@H](CCC[N+](=O)[O-])C(=O)O. The maximum atomic E-state index is 11.4. The first-order valence-electron chi connectivity index (χ1n) is 6.40. The second-order valence-corrected chi connectivity index (χ2v) is 11.3. The van der Waals surface area contributed by atoms with E-state index in [0.717, 1.165) is 6.04 Å². The van der Waals surface area contributed by atoms with Crippen molar-refractivity contribution >= 4 is 20.1 Å². The lowest BCUT2D eigenvalue weighted by Crippen LogP contribution is -2.41. The van der Waals surface area contributed by atoms with Gasteiger partial charge in [0, 0.05) is 19.4 Å². The second-order valence-electron chi connectivity index (χ2n) is 5.68. The number of alkyl carbamates (subject to hydrolysis) is 1. The average Bonchev–Trinajstić information content (AvgIpc) is 2.25. The summed E-state index contributed by atoms with van der Waals surface area (Å²) in [5, 5.41) is 21.3. The third kappa shape index (κ3) is 10.3. The molecule has 0 rings (SSSR count). The molecule has 116 valence electrons. The summed E-state index contributed by atoms with van der Waals surface area (Å²) in [6, 6.07) is -0.367. The van der Waals surface area contributed by atoms with Crippen molar-refractivity contribution in [3.8, 4) is 0 Å². The molecule has 0 bridgehead atoms. The normalized spacial score (nSPS) is 12.6. The Kier molecular flexibility index (Phi) is 7.81. The van der Waals surface area contributed by atoms with Crippen molar-refractivity contribution in [2.45, 2.75) is 44.6 Å². The molecule has 0 heterocycles. The van der Waals surface area contributed by atoms with E-state index in [1.807, 2.05) is 0 Å². The van der Waals surface area contributed by atoms with Crippen LogP contribution in [0.15, 0.2) is 0 Å². The van der Waals surface area contributed by atoms with Gasteiger partial charge in [0.25, 0.3) is 0 Å². The monoisotopic (exact) mass is 306 g/mol. The van der Waals surface area contributed by atoms with Gasteiger partial charge in [-0.15, -0.1) is 0 Å². The molecular formula is C11H22N2O6Si. The third-order valence-corrected chi connectivity index (χ3v) is 4.21. The molecule has 0 spiro atoms. The van der Waals surface area contributed by atoms with Crippen molar-refractivity contribution in [3.63, 3.8) is 0 Å². The molecule has 0 aliphatic carbocycles. The Bertz CT molecular complexity index is 355. The number of nitro groups is 1. The van der Waals surface area contributed by atoms with Crippen molar-refractivity contribution in [2.75, 3.05) is 13.2 Å². The number of aliphatic carboxylic acids is 1. The molecule has 0 aromatic carbocycles. The molecule has 0 aromatic heterocycles. The third-order valence-electron chi connectivity index (χ3n) is 2.51. The number of amides is 1. The highest BCUT2D eigenvalue weighted by molar-refractivity contribution is 6.76. The Balaban J connectivity index is 4.08. The van der Waals surface area contributed by atoms with Crippen LogP contribution >= 0.6 is 0 Å². The first-order valence-corrected chi connectivity index (χ1v) is 10.1. The minimum absolute atomic E-state index is 0.000561. The smallest absolute Gasteiger partial charge is 0.407 e. The van der Waals surface area contributed by atoms with E-state index in [1.54, 1.807) is 0 Å². The molecular weight excluding hydrogens is 284 g/mol. The Morgan fingerprint density at radius 1 is 1.40 bits per heavy atom. The summed E-state index contributed by atoms with van der Waals surface area (Å²) in [7, 11) is -1.32. The maximum absolute atomic E-state index is 11.4. The van der Waals surface area contributed by atoms with Crippen molar-refractivity contribution in [1.82, 2.24) is 5.32 Å². The summed E-state index contributed by atoms with van der Waals surface area (Å²) in [5.41, 5.74) is 0. The van der Waals surface area contributed by atoms with E-state index in [-0.39, 0.29) is 26.0 Å². The van der Waals surface area contributed by atoms with Crippen molar-refractivity contribution in [2.24, 2.45) is 0 Å². The van der Waals surface area contributed by atoms with E-state index in [4.69, 9.17) is 9.84 Å². The van der Waals surface area contributed by atoms with Gasteiger partial charge in [0.2, 0.25) is 6.54 Å². The first kappa shape index (κ1) is 18.4. The van der Waals surface area contributed by atoms with Gasteiger partial charge in [-0.05, 0) is 12.5 Å². The summed E-state index contributed by atoms with van der Waals surface area (Å²) in [6.45, 7) is 6.32. The lowest BCUT2D eigenvalue weighted by Gasteiger charge is -2.17. The fourth-order valence-corrected chi connectivity index (χ4v) is 2.03. The van der Waals surface area contributed by atoms with E-state index in [2.05, 4.69) is 25.0 Å². The Labute approximate surface area is 118 Å². The largest absolute Gasteiger partial charge is 0.480 e. The number of hydrogen-bond acceptors (Lipinski definition) is 5. The number of carbonyl (C=O) groups is 2. The van der Waals surface area contributed by atoms with Crippen LogP contribution in [0.5, 0.6) is 0 Å². The van der Waals surface area contributed by atoms with Crippen LogP contribution in [-0.4, -0.2) is 49.4 Å². The summed E-state index contributed by atoms with van der Waals surface area (Å²) in [4.78, 5) is 32.0.